The first-order valence-electron chi connectivity index (χ1n) is 5.99. The first-order valence-corrected chi connectivity index (χ1v) is 6.78. The van der Waals surface area contributed by atoms with Crippen molar-refractivity contribution in [2.75, 3.05) is 11.4 Å². The Hall–Kier alpha value is -1.76. The lowest BCUT2D eigenvalue weighted by Gasteiger charge is -2.16. The zero-order chi connectivity index (χ0) is 14.9. The number of benzene rings is 1. The molecule has 0 aliphatic carbocycles. The third kappa shape index (κ3) is 2.72. The normalized spacial score (nSPS) is 13.8. The van der Waals surface area contributed by atoms with Crippen LogP contribution in [0.5, 0.6) is 0 Å². The zero-order valence-corrected chi connectivity index (χ0v) is 11.9. The number of nitrogens with zero attached hydrogens (tertiary/aromatic N) is 1. The lowest BCUT2D eigenvalue weighted by Crippen LogP contribution is -2.30. The minimum atomic E-state index is -0.913. The maximum Gasteiger partial charge on any atom is 0.303 e. The molecule has 0 unspecified atom stereocenters. The van der Waals surface area contributed by atoms with Gasteiger partial charge in [-0.05, 0) is 40.9 Å². The van der Waals surface area contributed by atoms with Crippen molar-refractivity contribution >= 4 is 39.3 Å². The summed E-state index contributed by atoms with van der Waals surface area (Å²) >= 11 is 2.97. The number of aliphatic carboxylic acids is 1. The van der Waals surface area contributed by atoms with Crippen molar-refractivity contribution < 1.29 is 23.9 Å². The van der Waals surface area contributed by atoms with Crippen LogP contribution in [-0.2, 0) is 9.59 Å². The summed E-state index contributed by atoms with van der Waals surface area (Å²) in [5.41, 5.74) is 0.414. The molecular formula is C13H11BrFNO4. The van der Waals surface area contributed by atoms with E-state index in [0.717, 1.165) is 6.07 Å². The smallest absolute Gasteiger partial charge is 0.303 e. The van der Waals surface area contributed by atoms with Gasteiger partial charge in [-0.25, -0.2) is 4.39 Å². The fraction of sp³-hybridized carbons (Fsp3) is 0.308. The summed E-state index contributed by atoms with van der Waals surface area (Å²) in [5, 5.41) is 8.53. The summed E-state index contributed by atoms with van der Waals surface area (Å²) in [5.74, 6) is -2.84. The second-order valence-electron chi connectivity index (χ2n) is 4.42. The Bertz CT molecular complexity index is 602. The molecule has 106 valence electrons. The third-order valence-electron chi connectivity index (χ3n) is 3.04. The van der Waals surface area contributed by atoms with Gasteiger partial charge < -0.3 is 10.0 Å². The van der Waals surface area contributed by atoms with Crippen molar-refractivity contribution in [3.63, 3.8) is 0 Å². The van der Waals surface area contributed by atoms with E-state index < -0.39 is 23.5 Å². The SMILES string of the molecule is O=C(O)CCCCN1C(=O)C(=O)c2cc(Br)c(F)cc21. The van der Waals surface area contributed by atoms with Gasteiger partial charge in [0.05, 0.1) is 15.7 Å². The Morgan fingerprint density at radius 1 is 1.30 bits per heavy atom. The number of rotatable bonds is 5. The lowest BCUT2D eigenvalue weighted by atomic mass is 10.1. The summed E-state index contributed by atoms with van der Waals surface area (Å²) in [7, 11) is 0. The van der Waals surface area contributed by atoms with Gasteiger partial charge in [-0.2, -0.15) is 0 Å². The first-order chi connectivity index (χ1) is 9.41. The second kappa shape index (κ2) is 5.70. The predicted octanol–water partition coefficient (Wildman–Crippen LogP) is 2.37. The zero-order valence-electron chi connectivity index (χ0n) is 10.4. The average Bonchev–Trinajstić information content (AvgIpc) is 2.60. The van der Waals surface area contributed by atoms with Crippen molar-refractivity contribution in [2.24, 2.45) is 0 Å². The van der Waals surface area contributed by atoms with Crippen molar-refractivity contribution in [3.8, 4) is 0 Å². The van der Waals surface area contributed by atoms with Gasteiger partial charge in [0.25, 0.3) is 11.7 Å². The number of amides is 1. The topological polar surface area (TPSA) is 74.7 Å². The van der Waals surface area contributed by atoms with Gasteiger partial charge in [-0.1, -0.05) is 0 Å². The highest BCUT2D eigenvalue weighted by molar-refractivity contribution is 9.10. The largest absolute Gasteiger partial charge is 0.481 e. The summed E-state index contributed by atoms with van der Waals surface area (Å²) in [4.78, 5) is 35.2. The van der Waals surface area contributed by atoms with E-state index >= 15 is 0 Å². The molecule has 1 aliphatic rings. The van der Waals surface area contributed by atoms with Crippen LogP contribution in [0.25, 0.3) is 0 Å². The van der Waals surface area contributed by atoms with Crippen molar-refractivity contribution in [2.45, 2.75) is 19.3 Å². The molecular weight excluding hydrogens is 333 g/mol. The summed E-state index contributed by atoms with van der Waals surface area (Å²) in [6.07, 6.45) is 0.821. The maximum atomic E-state index is 13.5. The van der Waals surface area contributed by atoms with Crippen molar-refractivity contribution in [1.29, 1.82) is 0 Å². The molecule has 0 aromatic heterocycles. The van der Waals surface area contributed by atoms with E-state index in [-0.39, 0.29) is 28.7 Å². The van der Waals surface area contributed by atoms with Gasteiger partial charge >= 0.3 is 5.97 Å². The van der Waals surface area contributed by atoms with Crippen LogP contribution in [0.4, 0.5) is 10.1 Å². The van der Waals surface area contributed by atoms with Crippen LogP contribution in [0.1, 0.15) is 29.6 Å². The fourth-order valence-electron chi connectivity index (χ4n) is 2.06. The molecule has 2 rings (SSSR count). The Kier molecular flexibility index (Phi) is 4.17. The van der Waals surface area contributed by atoms with Gasteiger partial charge in [0.1, 0.15) is 5.82 Å². The molecule has 0 fully saturated rings. The molecule has 1 heterocycles. The number of carbonyl (C=O) groups excluding carboxylic acids is 2. The monoisotopic (exact) mass is 343 g/mol. The minimum absolute atomic E-state index is 0.00245. The quantitative estimate of drug-likeness (QED) is 0.657. The molecule has 1 aliphatic heterocycles. The van der Waals surface area contributed by atoms with Gasteiger partial charge in [0, 0.05) is 13.0 Å². The van der Waals surface area contributed by atoms with Crippen LogP contribution in [0.15, 0.2) is 16.6 Å². The first kappa shape index (κ1) is 14.6. The lowest BCUT2D eigenvalue weighted by molar-refractivity contribution is -0.137. The number of carbonyl (C=O) groups is 3. The second-order valence-corrected chi connectivity index (χ2v) is 5.27. The highest BCUT2D eigenvalue weighted by atomic mass is 79.9. The number of fused-ring (bicyclic) bond motifs is 1. The van der Waals surface area contributed by atoms with Gasteiger partial charge in [0.2, 0.25) is 0 Å². The van der Waals surface area contributed by atoms with Crippen LogP contribution in [0, 0.1) is 5.82 Å². The van der Waals surface area contributed by atoms with Gasteiger partial charge in [0.15, 0.2) is 0 Å². The summed E-state index contributed by atoms with van der Waals surface area (Å²) < 4.78 is 13.7. The van der Waals surface area contributed by atoms with Crippen LogP contribution >= 0.6 is 15.9 Å². The van der Waals surface area contributed by atoms with Gasteiger partial charge in [-0.15, -0.1) is 0 Å². The van der Waals surface area contributed by atoms with E-state index in [1.165, 1.54) is 11.0 Å². The number of carboxylic acids is 1. The predicted molar refractivity (Wildman–Crippen MR) is 72.3 cm³/mol. The molecule has 7 heteroatoms. The maximum absolute atomic E-state index is 13.5. The van der Waals surface area contributed by atoms with E-state index in [1.807, 2.05) is 0 Å². The fourth-order valence-corrected chi connectivity index (χ4v) is 2.40. The van der Waals surface area contributed by atoms with Crippen LogP contribution < -0.4 is 4.90 Å². The van der Waals surface area contributed by atoms with E-state index in [0.29, 0.717) is 12.8 Å². The van der Waals surface area contributed by atoms with Crippen molar-refractivity contribution in [3.05, 3.63) is 28.0 Å². The number of anilines is 1. The molecule has 5 nitrogen and oxygen atoms in total. The highest BCUT2D eigenvalue weighted by Crippen LogP contribution is 2.33. The number of hydrogen-bond acceptors (Lipinski definition) is 3. The summed E-state index contributed by atoms with van der Waals surface area (Å²) in [6, 6.07) is 2.43. The highest BCUT2D eigenvalue weighted by Gasteiger charge is 2.36. The molecule has 1 amide bonds. The number of unbranched alkanes of at least 4 members (excludes halogenated alkanes) is 1. The molecule has 0 radical (unpaired) electrons. The molecule has 0 bridgehead atoms. The van der Waals surface area contributed by atoms with Crippen LogP contribution in [0.3, 0.4) is 0 Å². The third-order valence-corrected chi connectivity index (χ3v) is 3.64. The average molecular weight is 344 g/mol. The number of hydrogen-bond donors (Lipinski definition) is 1. The van der Waals surface area contributed by atoms with E-state index in [2.05, 4.69) is 15.9 Å². The molecule has 1 N–H and O–H groups in total. The minimum Gasteiger partial charge on any atom is -0.481 e. The van der Waals surface area contributed by atoms with Crippen LogP contribution in [0.2, 0.25) is 0 Å². The van der Waals surface area contributed by atoms with E-state index in [9.17, 15) is 18.8 Å². The molecule has 0 saturated carbocycles. The van der Waals surface area contributed by atoms with Crippen molar-refractivity contribution in [1.82, 2.24) is 0 Å². The standard InChI is InChI=1S/C13H11BrFNO4/c14-8-5-7-10(6-9(8)15)16(13(20)12(7)19)4-2-1-3-11(17)18/h5-6H,1-4H2,(H,17,18). The Morgan fingerprint density at radius 2 is 2.00 bits per heavy atom. The number of Topliss-reactive ketones (excluding diaryl/α,β-unsaturated/α-hetero) is 1. The number of carboxylic acid groups (broad SMARTS) is 1. The summed E-state index contributed by atoms with van der Waals surface area (Å²) in [6.45, 7) is 0.200. The van der Waals surface area contributed by atoms with E-state index in [1.54, 1.807) is 0 Å². The number of halogens is 2. The van der Waals surface area contributed by atoms with E-state index in [4.69, 9.17) is 5.11 Å². The van der Waals surface area contributed by atoms with Gasteiger partial charge in [-0.3, -0.25) is 14.4 Å². The Balaban J connectivity index is 2.16. The molecule has 0 atom stereocenters. The van der Waals surface area contributed by atoms with Crippen LogP contribution in [-0.4, -0.2) is 29.3 Å². The molecule has 0 saturated heterocycles. The molecule has 20 heavy (non-hydrogen) atoms. The molecule has 0 spiro atoms. The number of ketones is 1. The molecule has 1 aromatic rings. The Labute approximate surface area is 122 Å². The Morgan fingerprint density at radius 3 is 2.65 bits per heavy atom. The molecule has 1 aromatic carbocycles.